The number of hydrogen-bond donors (Lipinski definition) is 1. The van der Waals surface area contributed by atoms with E-state index in [-0.39, 0.29) is 0 Å². The van der Waals surface area contributed by atoms with Crippen LogP contribution in [0.3, 0.4) is 0 Å². The molecule has 0 fully saturated rings. The van der Waals surface area contributed by atoms with E-state index >= 15 is 0 Å². The molecule has 0 aromatic rings. The van der Waals surface area contributed by atoms with Crippen molar-refractivity contribution in [1.29, 1.82) is 0 Å². The van der Waals surface area contributed by atoms with Crippen LogP contribution in [0.25, 0.3) is 0 Å². The van der Waals surface area contributed by atoms with E-state index in [0.29, 0.717) is 5.92 Å². The molecule has 0 aromatic heterocycles. The Kier molecular flexibility index (Phi) is 2.93. The summed E-state index contributed by atoms with van der Waals surface area (Å²) in [5.41, 5.74) is 3.75. The number of hydroxylamine groups is 1. The molecule has 0 saturated heterocycles. The highest BCUT2D eigenvalue weighted by Crippen LogP contribution is 2.06. The molecule has 0 radical (unpaired) electrons. The second-order valence-electron chi connectivity index (χ2n) is 2.53. The number of hydrogen-bond acceptors (Lipinski definition) is 2. The minimum atomic E-state index is 0.502. The van der Waals surface area contributed by atoms with E-state index in [1.165, 1.54) is 0 Å². The lowest BCUT2D eigenvalue weighted by molar-refractivity contribution is 0.121. The molecule has 11 heavy (non-hydrogen) atoms. The monoisotopic (exact) mass is 151 g/mol. The SMILES string of the molecule is CONC1=CC=CC(C)C=C1. The van der Waals surface area contributed by atoms with Crippen LogP contribution in [-0.2, 0) is 4.84 Å². The van der Waals surface area contributed by atoms with Gasteiger partial charge in [0, 0.05) is 0 Å². The molecule has 1 aliphatic carbocycles. The third kappa shape index (κ3) is 2.60. The summed E-state index contributed by atoms with van der Waals surface area (Å²) in [5.74, 6) is 0.502. The first-order valence-electron chi connectivity index (χ1n) is 3.68. The van der Waals surface area contributed by atoms with Crippen molar-refractivity contribution >= 4 is 0 Å². The normalized spacial score (nSPS) is 22.7. The fourth-order valence-corrected chi connectivity index (χ4v) is 0.896. The zero-order valence-electron chi connectivity index (χ0n) is 6.87. The molecule has 2 heteroatoms. The van der Waals surface area contributed by atoms with Gasteiger partial charge in [-0.25, -0.2) is 0 Å². The Hall–Kier alpha value is -1.02. The van der Waals surface area contributed by atoms with E-state index in [1.807, 2.05) is 18.2 Å². The highest BCUT2D eigenvalue weighted by molar-refractivity contribution is 5.26. The van der Waals surface area contributed by atoms with E-state index in [4.69, 9.17) is 4.84 Å². The van der Waals surface area contributed by atoms with E-state index in [1.54, 1.807) is 7.11 Å². The Balaban J connectivity index is 2.61. The van der Waals surface area contributed by atoms with Gasteiger partial charge in [-0.05, 0) is 18.1 Å². The summed E-state index contributed by atoms with van der Waals surface area (Å²) >= 11 is 0. The second kappa shape index (κ2) is 3.98. The van der Waals surface area contributed by atoms with Crippen molar-refractivity contribution in [3.05, 3.63) is 36.1 Å². The van der Waals surface area contributed by atoms with E-state index in [0.717, 1.165) is 5.70 Å². The standard InChI is InChI=1S/C9H13NO/c1-8-4-3-5-9(7-6-8)10-11-2/h3-8,10H,1-2H3. The molecule has 1 rings (SSSR count). The third-order valence-corrected chi connectivity index (χ3v) is 1.49. The molecule has 0 heterocycles. The highest BCUT2D eigenvalue weighted by Gasteiger charge is 1.95. The second-order valence-corrected chi connectivity index (χ2v) is 2.53. The number of nitrogens with one attached hydrogen (secondary N) is 1. The van der Waals surface area contributed by atoms with Crippen molar-refractivity contribution in [3.63, 3.8) is 0 Å². The number of allylic oxidation sites excluding steroid dienone is 5. The molecule has 0 bridgehead atoms. The van der Waals surface area contributed by atoms with Gasteiger partial charge < -0.3 is 0 Å². The Morgan fingerprint density at radius 2 is 2.27 bits per heavy atom. The molecule has 0 aliphatic heterocycles. The highest BCUT2D eigenvalue weighted by atomic mass is 16.6. The van der Waals surface area contributed by atoms with Crippen molar-refractivity contribution in [2.75, 3.05) is 7.11 Å². The maximum absolute atomic E-state index is 4.77. The summed E-state index contributed by atoms with van der Waals surface area (Å²) in [5, 5.41) is 0. The zero-order valence-corrected chi connectivity index (χ0v) is 6.87. The smallest absolute Gasteiger partial charge is 0.0636 e. The molecular weight excluding hydrogens is 138 g/mol. The Morgan fingerprint density at radius 3 is 3.00 bits per heavy atom. The van der Waals surface area contributed by atoms with Crippen LogP contribution in [0.15, 0.2) is 36.1 Å². The molecular formula is C9H13NO. The van der Waals surface area contributed by atoms with Gasteiger partial charge >= 0.3 is 0 Å². The maximum atomic E-state index is 4.77. The minimum Gasteiger partial charge on any atom is -0.279 e. The van der Waals surface area contributed by atoms with Crippen LogP contribution < -0.4 is 5.48 Å². The Morgan fingerprint density at radius 1 is 1.45 bits per heavy atom. The quantitative estimate of drug-likeness (QED) is 0.607. The molecule has 0 spiro atoms. The summed E-state index contributed by atoms with van der Waals surface area (Å²) in [4.78, 5) is 4.77. The van der Waals surface area contributed by atoms with Gasteiger partial charge in [-0.3, -0.25) is 10.3 Å². The Bertz CT molecular complexity index is 204. The summed E-state index contributed by atoms with van der Waals surface area (Å²) in [6.45, 7) is 2.14. The molecule has 60 valence electrons. The summed E-state index contributed by atoms with van der Waals surface area (Å²) < 4.78 is 0. The maximum Gasteiger partial charge on any atom is 0.0636 e. The number of rotatable bonds is 2. The van der Waals surface area contributed by atoms with Gasteiger partial charge in [0.25, 0.3) is 0 Å². The fraction of sp³-hybridized carbons (Fsp3) is 0.333. The van der Waals surface area contributed by atoms with Gasteiger partial charge in [-0.2, -0.15) is 0 Å². The topological polar surface area (TPSA) is 21.3 Å². The van der Waals surface area contributed by atoms with Crippen LogP contribution in [0.1, 0.15) is 6.92 Å². The van der Waals surface area contributed by atoms with Gasteiger partial charge in [-0.15, -0.1) is 0 Å². The van der Waals surface area contributed by atoms with E-state index in [2.05, 4.69) is 24.6 Å². The van der Waals surface area contributed by atoms with E-state index in [9.17, 15) is 0 Å². The zero-order chi connectivity index (χ0) is 8.10. The summed E-state index contributed by atoms with van der Waals surface area (Å²) in [7, 11) is 1.60. The van der Waals surface area contributed by atoms with Crippen LogP contribution in [0, 0.1) is 5.92 Å². The first-order chi connectivity index (χ1) is 5.33. The lowest BCUT2D eigenvalue weighted by atomic mass is 10.2. The third-order valence-electron chi connectivity index (χ3n) is 1.49. The van der Waals surface area contributed by atoms with Crippen LogP contribution in [0.5, 0.6) is 0 Å². The molecule has 0 aromatic carbocycles. The van der Waals surface area contributed by atoms with E-state index < -0.39 is 0 Å². The molecule has 0 amide bonds. The van der Waals surface area contributed by atoms with Crippen molar-refractivity contribution in [3.8, 4) is 0 Å². The van der Waals surface area contributed by atoms with Crippen molar-refractivity contribution < 1.29 is 4.84 Å². The van der Waals surface area contributed by atoms with Gasteiger partial charge in [-0.1, -0.05) is 25.2 Å². The van der Waals surface area contributed by atoms with Crippen LogP contribution in [-0.4, -0.2) is 7.11 Å². The first kappa shape index (κ1) is 8.08. The van der Waals surface area contributed by atoms with Crippen LogP contribution in [0.4, 0.5) is 0 Å². The predicted octanol–water partition coefficient (Wildman–Crippen LogP) is 1.78. The molecule has 1 N–H and O–H groups in total. The summed E-state index contributed by atoms with van der Waals surface area (Å²) in [6.07, 6.45) is 10.2. The minimum absolute atomic E-state index is 0.502. The van der Waals surface area contributed by atoms with Gasteiger partial charge in [0.05, 0.1) is 12.8 Å². The molecule has 0 saturated carbocycles. The molecule has 1 unspecified atom stereocenters. The molecule has 2 nitrogen and oxygen atoms in total. The largest absolute Gasteiger partial charge is 0.279 e. The van der Waals surface area contributed by atoms with Gasteiger partial charge in [0.1, 0.15) is 0 Å². The molecule has 1 aliphatic rings. The lowest BCUT2D eigenvalue weighted by Crippen LogP contribution is -2.08. The average Bonchev–Trinajstić information content (AvgIpc) is 2.17. The van der Waals surface area contributed by atoms with Crippen LogP contribution >= 0.6 is 0 Å². The van der Waals surface area contributed by atoms with Crippen LogP contribution in [0.2, 0.25) is 0 Å². The van der Waals surface area contributed by atoms with Crippen molar-refractivity contribution in [2.24, 2.45) is 5.92 Å². The lowest BCUT2D eigenvalue weighted by Gasteiger charge is -2.00. The van der Waals surface area contributed by atoms with Gasteiger partial charge in [0.2, 0.25) is 0 Å². The summed E-state index contributed by atoms with van der Waals surface area (Å²) in [6, 6.07) is 0. The Labute approximate surface area is 67.2 Å². The van der Waals surface area contributed by atoms with Crippen molar-refractivity contribution in [2.45, 2.75) is 6.92 Å². The van der Waals surface area contributed by atoms with Crippen molar-refractivity contribution in [1.82, 2.24) is 5.48 Å². The first-order valence-corrected chi connectivity index (χ1v) is 3.68. The fourth-order valence-electron chi connectivity index (χ4n) is 0.896. The molecule has 1 atom stereocenters. The predicted molar refractivity (Wildman–Crippen MR) is 45.7 cm³/mol. The average molecular weight is 151 g/mol. The van der Waals surface area contributed by atoms with Gasteiger partial charge in [0.15, 0.2) is 0 Å².